The van der Waals surface area contributed by atoms with Crippen molar-refractivity contribution in [3.63, 3.8) is 0 Å². The maximum absolute atomic E-state index is 12.7. The van der Waals surface area contributed by atoms with E-state index in [2.05, 4.69) is 20.4 Å². The summed E-state index contributed by atoms with van der Waals surface area (Å²) in [5.41, 5.74) is 3.83. The van der Waals surface area contributed by atoms with E-state index in [4.69, 9.17) is 16.3 Å². The number of nitrogens with one attached hydrogen (secondary N) is 2. The highest BCUT2D eigenvalue weighted by atomic mass is 35.5. The molecule has 7 nitrogen and oxygen atoms in total. The smallest absolute Gasteiger partial charge is 0.258 e. The van der Waals surface area contributed by atoms with E-state index in [0.29, 0.717) is 22.8 Å². The summed E-state index contributed by atoms with van der Waals surface area (Å²) in [4.78, 5) is 20.6. The fourth-order valence-corrected chi connectivity index (χ4v) is 3.82. The van der Waals surface area contributed by atoms with E-state index in [1.807, 2.05) is 42.5 Å². The van der Waals surface area contributed by atoms with Crippen LogP contribution in [-0.2, 0) is 11.3 Å². The number of amides is 1. The molecule has 2 aromatic carbocycles. The number of fused-ring (bicyclic) bond motifs is 1. The number of halogens is 1. The quantitative estimate of drug-likeness (QED) is 0.494. The Hall–Kier alpha value is -3.16. The number of hydrogen-bond donors (Lipinski definition) is 2. The first kappa shape index (κ1) is 18.8. The Bertz CT molecular complexity index is 1210. The van der Waals surface area contributed by atoms with Gasteiger partial charge in [0, 0.05) is 23.5 Å². The number of rotatable bonds is 5. The molecule has 1 aliphatic rings. The Kier molecular flexibility index (Phi) is 4.98. The van der Waals surface area contributed by atoms with Crippen molar-refractivity contribution in [1.82, 2.24) is 19.7 Å². The van der Waals surface area contributed by atoms with Crippen LogP contribution in [0.1, 0.15) is 40.7 Å². The second-order valence-electron chi connectivity index (χ2n) is 7.33. The van der Waals surface area contributed by atoms with Gasteiger partial charge in [0.2, 0.25) is 0 Å². The molecule has 0 saturated carbocycles. The summed E-state index contributed by atoms with van der Waals surface area (Å²) >= 11 is 6.21. The van der Waals surface area contributed by atoms with Crippen molar-refractivity contribution in [2.75, 3.05) is 11.9 Å². The summed E-state index contributed by atoms with van der Waals surface area (Å²) in [6, 6.07) is 13.2. The Balaban J connectivity index is 1.29. The SMILES string of the molecule is O=C(Nc1ccc2nc(C3CCCO3)[nH]c2c1)c1cnn(Cc2ccccc2Cl)c1. The van der Waals surface area contributed by atoms with E-state index in [-0.39, 0.29) is 12.0 Å². The predicted octanol–water partition coefficient (Wildman–Crippen LogP) is 4.56. The number of hydrogen-bond acceptors (Lipinski definition) is 4. The van der Waals surface area contributed by atoms with Crippen LogP contribution in [0, 0.1) is 0 Å². The van der Waals surface area contributed by atoms with E-state index < -0.39 is 0 Å². The van der Waals surface area contributed by atoms with E-state index in [9.17, 15) is 4.79 Å². The Labute approximate surface area is 178 Å². The average molecular weight is 422 g/mol. The monoisotopic (exact) mass is 421 g/mol. The van der Waals surface area contributed by atoms with Gasteiger partial charge in [-0.2, -0.15) is 5.10 Å². The third-order valence-corrected chi connectivity index (χ3v) is 5.55. The maximum Gasteiger partial charge on any atom is 0.258 e. The van der Waals surface area contributed by atoms with Crippen molar-refractivity contribution in [1.29, 1.82) is 0 Å². The van der Waals surface area contributed by atoms with Crippen LogP contribution in [0.4, 0.5) is 5.69 Å². The van der Waals surface area contributed by atoms with Crippen LogP contribution in [0.2, 0.25) is 5.02 Å². The third-order valence-electron chi connectivity index (χ3n) is 5.18. The Morgan fingerprint density at radius 2 is 2.20 bits per heavy atom. The number of imidazole rings is 1. The average Bonchev–Trinajstić information content (AvgIpc) is 3.49. The predicted molar refractivity (Wildman–Crippen MR) is 115 cm³/mol. The highest BCUT2D eigenvalue weighted by Gasteiger charge is 2.21. The lowest BCUT2D eigenvalue weighted by Crippen LogP contribution is -2.11. The summed E-state index contributed by atoms with van der Waals surface area (Å²) in [6.07, 6.45) is 5.31. The van der Waals surface area contributed by atoms with Gasteiger partial charge in [0.25, 0.3) is 5.91 Å². The molecule has 1 aliphatic heterocycles. The van der Waals surface area contributed by atoms with Gasteiger partial charge in [0.05, 0.1) is 29.3 Å². The first-order valence-corrected chi connectivity index (χ1v) is 10.2. The van der Waals surface area contributed by atoms with Gasteiger partial charge in [-0.25, -0.2) is 4.98 Å². The van der Waals surface area contributed by atoms with Gasteiger partial charge in [-0.1, -0.05) is 29.8 Å². The van der Waals surface area contributed by atoms with Crippen molar-refractivity contribution >= 4 is 34.2 Å². The molecule has 0 aliphatic carbocycles. The molecule has 0 spiro atoms. The van der Waals surface area contributed by atoms with Crippen molar-refractivity contribution < 1.29 is 9.53 Å². The fourth-order valence-electron chi connectivity index (χ4n) is 3.62. The number of anilines is 1. The standard InChI is InChI=1S/C22H20ClN5O2/c23-17-5-2-1-4-14(17)12-28-13-15(11-24-28)22(29)25-16-7-8-18-19(10-16)27-21(26-18)20-6-3-9-30-20/h1-2,4-5,7-8,10-11,13,20H,3,6,9,12H2,(H,25,29)(H,26,27). The molecule has 1 atom stereocenters. The topological polar surface area (TPSA) is 84.8 Å². The van der Waals surface area contributed by atoms with Gasteiger partial charge in [0.15, 0.2) is 0 Å². The molecular formula is C22H20ClN5O2. The second kappa shape index (κ2) is 7.93. The number of H-pyrrole nitrogens is 1. The highest BCUT2D eigenvalue weighted by molar-refractivity contribution is 6.31. The molecular weight excluding hydrogens is 402 g/mol. The van der Waals surface area contributed by atoms with Crippen molar-refractivity contribution in [2.45, 2.75) is 25.5 Å². The van der Waals surface area contributed by atoms with Crippen LogP contribution in [-0.4, -0.2) is 32.3 Å². The number of aromatic nitrogens is 4. The van der Waals surface area contributed by atoms with Gasteiger partial charge in [-0.15, -0.1) is 0 Å². The number of carbonyl (C=O) groups is 1. The zero-order chi connectivity index (χ0) is 20.5. The minimum atomic E-state index is -0.223. The molecule has 30 heavy (non-hydrogen) atoms. The fraction of sp³-hybridized carbons (Fsp3) is 0.227. The number of ether oxygens (including phenoxy) is 1. The molecule has 8 heteroatoms. The van der Waals surface area contributed by atoms with E-state index in [1.54, 1.807) is 17.1 Å². The number of benzene rings is 2. The zero-order valence-corrected chi connectivity index (χ0v) is 16.9. The molecule has 5 rings (SSSR count). The Morgan fingerprint density at radius 3 is 3.03 bits per heavy atom. The molecule has 1 saturated heterocycles. The molecule has 0 radical (unpaired) electrons. The molecule has 2 N–H and O–H groups in total. The third kappa shape index (κ3) is 3.81. The summed E-state index contributed by atoms with van der Waals surface area (Å²) in [6.45, 7) is 1.27. The lowest BCUT2D eigenvalue weighted by Gasteiger charge is -2.04. The van der Waals surface area contributed by atoms with Gasteiger partial charge in [-0.05, 0) is 42.7 Å². The molecule has 2 aromatic heterocycles. The first-order chi connectivity index (χ1) is 14.7. The number of carbonyl (C=O) groups excluding carboxylic acids is 1. The second-order valence-corrected chi connectivity index (χ2v) is 7.73. The van der Waals surface area contributed by atoms with Crippen molar-refractivity contribution in [3.8, 4) is 0 Å². The summed E-state index contributed by atoms with van der Waals surface area (Å²) in [5.74, 6) is 0.616. The van der Waals surface area contributed by atoms with Gasteiger partial charge in [-0.3, -0.25) is 9.48 Å². The molecule has 1 amide bonds. The van der Waals surface area contributed by atoms with Gasteiger partial charge in [0.1, 0.15) is 11.9 Å². The van der Waals surface area contributed by atoms with Crippen LogP contribution in [0.5, 0.6) is 0 Å². The largest absolute Gasteiger partial charge is 0.370 e. The van der Waals surface area contributed by atoms with E-state index >= 15 is 0 Å². The lowest BCUT2D eigenvalue weighted by atomic mass is 10.2. The number of nitrogens with zero attached hydrogens (tertiary/aromatic N) is 3. The summed E-state index contributed by atoms with van der Waals surface area (Å²) in [7, 11) is 0. The molecule has 4 aromatic rings. The van der Waals surface area contributed by atoms with Crippen LogP contribution in [0.3, 0.4) is 0 Å². The maximum atomic E-state index is 12.7. The minimum Gasteiger partial charge on any atom is -0.370 e. The van der Waals surface area contributed by atoms with Crippen LogP contribution >= 0.6 is 11.6 Å². The number of aromatic amines is 1. The molecule has 1 unspecified atom stereocenters. The van der Waals surface area contributed by atoms with Gasteiger partial charge < -0.3 is 15.0 Å². The van der Waals surface area contributed by atoms with Crippen molar-refractivity contribution in [2.24, 2.45) is 0 Å². The minimum absolute atomic E-state index is 0.0272. The van der Waals surface area contributed by atoms with E-state index in [0.717, 1.165) is 41.9 Å². The van der Waals surface area contributed by atoms with Crippen LogP contribution in [0.25, 0.3) is 11.0 Å². The zero-order valence-electron chi connectivity index (χ0n) is 16.1. The highest BCUT2D eigenvalue weighted by Crippen LogP contribution is 2.28. The summed E-state index contributed by atoms with van der Waals surface area (Å²) < 4.78 is 7.39. The lowest BCUT2D eigenvalue weighted by molar-refractivity contribution is 0.102. The molecule has 3 heterocycles. The van der Waals surface area contributed by atoms with E-state index in [1.165, 1.54) is 0 Å². The first-order valence-electron chi connectivity index (χ1n) is 9.84. The van der Waals surface area contributed by atoms with Crippen molar-refractivity contribution in [3.05, 3.63) is 76.8 Å². The van der Waals surface area contributed by atoms with Gasteiger partial charge >= 0.3 is 0 Å². The normalized spacial score (nSPS) is 16.2. The molecule has 152 valence electrons. The summed E-state index contributed by atoms with van der Waals surface area (Å²) in [5, 5.41) is 7.88. The molecule has 0 bridgehead atoms. The Morgan fingerprint density at radius 1 is 1.30 bits per heavy atom. The molecule has 1 fully saturated rings. The van der Waals surface area contributed by atoms with Crippen LogP contribution < -0.4 is 5.32 Å². The van der Waals surface area contributed by atoms with Crippen LogP contribution in [0.15, 0.2) is 54.9 Å².